The average Bonchev–Trinajstić information content (AvgIpc) is 3.10. The number of thioether (sulfide) groups is 1. The van der Waals surface area contributed by atoms with Gasteiger partial charge in [-0.25, -0.2) is 0 Å². The molecule has 0 amide bonds. The molecule has 154 valence electrons. The van der Waals surface area contributed by atoms with Crippen LogP contribution in [0, 0.1) is 5.41 Å². The van der Waals surface area contributed by atoms with E-state index in [0.29, 0.717) is 5.41 Å². The van der Waals surface area contributed by atoms with Crippen LogP contribution in [0.4, 0.5) is 0 Å². The Morgan fingerprint density at radius 2 is 1.77 bits per heavy atom. The van der Waals surface area contributed by atoms with Crippen LogP contribution in [0.15, 0.2) is 4.99 Å². The lowest BCUT2D eigenvalue weighted by Gasteiger charge is -2.37. The third-order valence-corrected chi connectivity index (χ3v) is 7.24. The summed E-state index contributed by atoms with van der Waals surface area (Å²) in [6.45, 7) is 6.80. The first-order chi connectivity index (χ1) is 12.2. The minimum atomic E-state index is 0. The Kier molecular flexibility index (Phi) is 11.8. The Labute approximate surface area is 181 Å². The Bertz CT molecular complexity index is 406. The zero-order chi connectivity index (χ0) is 18.0. The van der Waals surface area contributed by atoms with Crippen LogP contribution in [0.2, 0.25) is 0 Å². The first-order valence-corrected chi connectivity index (χ1v) is 10.8. The normalized spacial score (nSPS) is 21.9. The molecule has 0 aromatic heterocycles. The number of nitrogens with one attached hydrogen (secondary N) is 2. The highest BCUT2D eigenvalue weighted by Gasteiger charge is 2.35. The number of guanidine groups is 1. The maximum Gasteiger partial charge on any atom is 0.191 e. The molecule has 0 unspecified atom stereocenters. The predicted molar refractivity (Wildman–Crippen MR) is 123 cm³/mol. The minimum Gasteiger partial charge on any atom is -0.385 e. The van der Waals surface area contributed by atoms with Crippen molar-refractivity contribution in [1.29, 1.82) is 0 Å². The average molecular weight is 500 g/mol. The molecule has 2 fully saturated rings. The molecule has 2 N–H and O–H groups in total. The van der Waals surface area contributed by atoms with E-state index in [1.807, 2.05) is 7.05 Å². The van der Waals surface area contributed by atoms with Crippen molar-refractivity contribution in [3.05, 3.63) is 0 Å². The first-order valence-electron chi connectivity index (χ1n) is 9.83. The molecule has 26 heavy (non-hydrogen) atoms. The van der Waals surface area contributed by atoms with E-state index in [4.69, 9.17) is 9.47 Å². The van der Waals surface area contributed by atoms with Crippen LogP contribution in [0.5, 0.6) is 0 Å². The van der Waals surface area contributed by atoms with Crippen molar-refractivity contribution < 1.29 is 9.47 Å². The van der Waals surface area contributed by atoms with Crippen molar-refractivity contribution in [3.8, 4) is 0 Å². The summed E-state index contributed by atoms with van der Waals surface area (Å²) in [5.41, 5.74) is 0.377. The van der Waals surface area contributed by atoms with Crippen LogP contribution >= 0.6 is 35.7 Å². The summed E-state index contributed by atoms with van der Waals surface area (Å²) in [6.07, 6.45) is 8.66. The van der Waals surface area contributed by atoms with Crippen LogP contribution in [0.25, 0.3) is 0 Å². The smallest absolute Gasteiger partial charge is 0.191 e. The van der Waals surface area contributed by atoms with Crippen LogP contribution in [-0.2, 0) is 9.47 Å². The van der Waals surface area contributed by atoms with E-state index in [0.717, 1.165) is 63.9 Å². The fourth-order valence-electron chi connectivity index (χ4n) is 4.12. The van der Waals surface area contributed by atoms with E-state index in [-0.39, 0.29) is 28.7 Å². The zero-order valence-corrected chi connectivity index (χ0v) is 19.9. The number of nitrogens with zero attached hydrogens (tertiary/aromatic N) is 1. The summed E-state index contributed by atoms with van der Waals surface area (Å²) < 4.78 is 11.2. The van der Waals surface area contributed by atoms with Crippen LogP contribution in [-0.4, -0.2) is 63.5 Å². The van der Waals surface area contributed by atoms with Crippen molar-refractivity contribution in [3.63, 3.8) is 0 Å². The van der Waals surface area contributed by atoms with Gasteiger partial charge in [0.15, 0.2) is 5.96 Å². The number of hydrogen-bond donors (Lipinski definition) is 2. The van der Waals surface area contributed by atoms with Gasteiger partial charge >= 0.3 is 0 Å². The fourth-order valence-corrected chi connectivity index (χ4v) is 5.36. The van der Waals surface area contributed by atoms with E-state index in [1.165, 1.54) is 25.7 Å². The number of hydrogen-bond acceptors (Lipinski definition) is 4. The molecule has 1 saturated carbocycles. The molecule has 1 saturated heterocycles. The highest BCUT2D eigenvalue weighted by atomic mass is 127. The summed E-state index contributed by atoms with van der Waals surface area (Å²) in [7, 11) is 3.67. The fraction of sp³-hybridized carbons (Fsp3) is 0.947. The van der Waals surface area contributed by atoms with Crippen LogP contribution in [0.1, 0.15) is 51.9 Å². The molecular formula is C19H38IN3O2S. The van der Waals surface area contributed by atoms with E-state index in [2.05, 4.69) is 34.3 Å². The number of methoxy groups -OCH3 is 1. The number of rotatable bonds is 9. The lowest BCUT2D eigenvalue weighted by Crippen LogP contribution is -2.49. The molecular weight excluding hydrogens is 461 g/mol. The number of ether oxygens (including phenoxy) is 2. The minimum absolute atomic E-state index is 0. The van der Waals surface area contributed by atoms with Crippen molar-refractivity contribution in [2.24, 2.45) is 10.4 Å². The lowest BCUT2D eigenvalue weighted by molar-refractivity contribution is 0.0782. The molecule has 2 aliphatic rings. The van der Waals surface area contributed by atoms with Gasteiger partial charge < -0.3 is 20.1 Å². The van der Waals surface area contributed by atoms with Gasteiger partial charge in [-0.3, -0.25) is 4.99 Å². The summed E-state index contributed by atoms with van der Waals surface area (Å²) >= 11 is 2.06. The van der Waals surface area contributed by atoms with Gasteiger partial charge in [-0.15, -0.1) is 24.0 Å². The summed E-state index contributed by atoms with van der Waals surface area (Å²) in [5.74, 6) is 2.08. The first kappa shape index (κ1) is 24.3. The molecule has 0 bridgehead atoms. The van der Waals surface area contributed by atoms with Gasteiger partial charge in [-0.1, -0.05) is 19.8 Å². The maximum absolute atomic E-state index is 5.57. The summed E-state index contributed by atoms with van der Waals surface area (Å²) in [6, 6.07) is 0. The van der Waals surface area contributed by atoms with Crippen molar-refractivity contribution in [1.82, 2.24) is 10.6 Å². The second-order valence-electron chi connectivity index (χ2n) is 7.46. The van der Waals surface area contributed by atoms with Gasteiger partial charge in [-0.2, -0.15) is 11.8 Å². The van der Waals surface area contributed by atoms with Gasteiger partial charge in [0.05, 0.1) is 0 Å². The van der Waals surface area contributed by atoms with Crippen LogP contribution < -0.4 is 10.6 Å². The molecule has 1 heterocycles. The van der Waals surface area contributed by atoms with E-state index in [1.54, 1.807) is 7.11 Å². The van der Waals surface area contributed by atoms with Crippen molar-refractivity contribution >= 4 is 41.7 Å². The van der Waals surface area contributed by atoms with Gasteiger partial charge in [-0.05, 0) is 43.3 Å². The highest BCUT2D eigenvalue weighted by Crippen LogP contribution is 2.40. The van der Waals surface area contributed by atoms with E-state index < -0.39 is 0 Å². The molecule has 0 aromatic rings. The Morgan fingerprint density at radius 3 is 2.35 bits per heavy atom. The molecule has 2 rings (SSSR count). The topological polar surface area (TPSA) is 54.9 Å². The standard InChI is InChI=1S/C19H37N3O2S.HI/c1-4-25-19(10-13-24-14-11-19)16-22-17(20-2)21-15-18(9-12-23-3)7-5-6-8-18;/h4-16H2,1-3H3,(H2,20,21,22);1H. The van der Waals surface area contributed by atoms with Gasteiger partial charge in [0, 0.05) is 51.8 Å². The molecule has 7 heteroatoms. The van der Waals surface area contributed by atoms with Crippen LogP contribution in [0.3, 0.4) is 0 Å². The second kappa shape index (κ2) is 12.7. The zero-order valence-electron chi connectivity index (χ0n) is 16.8. The monoisotopic (exact) mass is 499 g/mol. The van der Waals surface area contributed by atoms with Gasteiger partial charge in [0.2, 0.25) is 0 Å². The lowest BCUT2D eigenvalue weighted by atomic mass is 9.83. The third kappa shape index (κ3) is 7.36. The van der Waals surface area contributed by atoms with E-state index in [9.17, 15) is 0 Å². The molecule has 0 radical (unpaired) electrons. The third-order valence-electron chi connectivity index (χ3n) is 5.79. The maximum atomic E-state index is 5.57. The SMILES string of the molecule is CCSC1(CNC(=NC)NCC2(CCOC)CCCC2)CCOCC1.I. The number of halogens is 1. The van der Waals surface area contributed by atoms with Crippen molar-refractivity contribution in [2.75, 3.05) is 52.8 Å². The van der Waals surface area contributed by atoms with Gasteiger partial charge in [0.25, 0.3) is 0 Å². The number of aliphatic imine (C=N–C) groups is 1. The largest absolute Gasteiger partial charge is 0.385 e. The Balaban J connectivity index is 0.00000338. The molecule has 0 aromatic carbocycles. The Hall–Kier alpha value is 0.270. The second-order valence-corrected chi connectivity index (χ2v) is 9.19. The molecule has 5 nitrogen and oxygen atoms in total. The van der Waals surface area contributed by atoms with Gasteiger partial charge in [0.1, 0.15) is 0 Å². The molecule has 1 aliphatic heterocycles. The predicted octanol–water partition coefficient (Wildman–Crippen LogP) is 3.67. The Morgan fingerprint density at radius 1 is 1.12 bits per heavy atom. The highest BCUT2D eigenvalue weighted by molar-refractivity contribution is 14.0. The van der Waals surface area contributed by atoms with Crippen molar-refractivity contribution in [2.45, 2.75) is 56.6 Å². The molecule has 0 spiro atoms. The summed E-state index contributed by atoms with van der Waals surface area (Å²) in [4.78, 5) is 4.46. The van der Waals surface area contributed by atoms with E-state index >= 15 is 0 Å². The molecule has 1 aliphatic carbocycles. The summed E-state index contributed by atoms with van der Waals surface area (Å²) in [5, 5.41) is 7.20. The molecule has 0 atom stereocenters. The quantitative estimate of drug-likeness (QED) is 0.288.